The van der Waals surface area contributed by atoms with E-state index in [-0.39, 0.29) is 11.5 Å². The van der Waals surface area contributed by atoms with E-state index in [1.165, 1.54) is 0 Å². The van der Waals surface area contributed by atoms with Gasteiger partial charge in [0.25, 0.3) is 0 Å². The highest BCUT2D eigenvalue weighted by molar-refractivity contribution is 5.82. The van der Waals surface area contributed by atoms with E-state index < -0.39 is 0 Å². The van der Waals surface area contributed by atoms with Crippen molar-refractivity contribution in [3.05, 3.63) is 0 Å². The Labute approximate surface area is 92.8 Å². The van der Waals surface area contributed by atoms with Crippen LogP contribution in [0.5, 0.6) is 0 Å². The predicted molar refractivity (Wildman–Crippen MR) is 60.9 cm³/mol. The summed E-state index contributed by atoms with van der Waals surface area (Å²) < 4.78 is 5.43. The highest BCUT2D eigenvalue weighted by Gasteiger charge is 2.32. The molecule has 1 unspecified atom stereocenters. The molecule has 1 fully saturated rings. The van der Waals surface area contributed by atoms with E-state index in [4.69, 9.17) is 4.74 Å². The van der Waals surface area contributed by atoms with E-state index in [0.29, 0.717) is 12.3 Å². The maximum atomic E-state index is 11.8. The summed E-state index contributed by atoms with van der Waals surface area (Å²) in [7, 11) is 0. The molecule has 1 atom stereocenters. The number of nitrogens with zero attached hydrogens (tertiary/aromatic N) is 1. The lowest BCUT2D eigenvalue weighted by molar-refractivity contribution is -0.128. The van der Waals surface area contributed by atoms with Crippen LogP contribution in [0, 0.1) is 5.92 Å². The SMILES string of the molecule is CCC(C)C(=O)CN1CCOCC1(C)C. The third kappa shape index (κ3) is 3.28. The Morgan fingerprint density at radius 3 is 2.73 bits per heavy atom. The Kier molecular flexibility index (Phi) is 4.29. The molecule has 0 aromatic carbocycles. The van der Waals surface area contributed by atoms with E-state index in [2.05, 4.69) is 25.7 Å². The maximum Gasteiger partial charge on any atom is 0.149 e. The highest BCUT2D eigenvalue weighted by Crippen LogP contribution is 2.19. The zero-order valence-electron chi connectivity index (χ0n) is 10.4. The minimum Gasteiger partial charge on any atom is -0.378 e. The molecule has 1 rings (SSSR count). The topological polar surface area (TPSA) is 29.5 Å². The number of hydrogen-bond donors (Lipinski definition) is 0. The van der Waals surface area contributed by atoms with Crippen LogP contribution in [0.15, 0.2) is 0 Å². The van der Waals surface area contributed by atoms with E-state index in [1.807, 2.05) is 6.92 Å². The average Bonchev–Trinajstić information content (AvgIpc) is 2.19. The second-order valence-electron chi connectivity index (χ2n) is 5.06. The fraction of sp³-hybridized carbons (Fsp3) is 0.917. The van der Waals surface area contributed by atoms with Crippen LogP contribution in [0.1, 0.15) is 34.1 Å². The summed E-state index contributed by atoms with van der Waals surface area (Å²) in [4.78, 5) is 14.1. The monoisotopic (exact) mass is 213 g/mol. The predicted octanol–water partition coefficient (Wildman–Crippen LogP) is 1.71. The molecule has 1 saturated heterocycles. The first-order chi connectivity index (χ1) is 6.97. The average molecular weight is 213 g/mol. The first-order valence-electron chi connectivity index (χ1n) is 5.83. The third-order valence-corrected chi connectivity index (χ3v) is 3.33. The Hall–Kier alpha value is -0.410. The molecule has 0 N–H and O–H groups in total. The fourth-order valence-electron chi connectivity index (χ4n) is 1.76. The van der Waals surface area contributed by atoms with Crippen molar-refractivity contribution in [1.82, 2.24) is 4.90 Å². The molecule has 1 heterocycles. The molecule has 0 aliphatic carbocycles. The van der Waals surface area contributed by atoms with E-state index in [1.54, 1.807) is 0 Å². The molecule has 0 spiro atoms. The fourth-order valence-corrected chi connectivity index (χ4v) is 1.76. The van der Waals surface area contributed by atoms with Gasteiger partial charge in [-0.1, -0.05) is 13.8 Å². The molecule has 3 heteroatoms. The molecule has 0 saturated carbocycles. The van der Waals surface area contributed by atoms with Gasteiger partial charge >= 0.3 is 0 Å². The second-order valence-corrected chi connectivity index (χ2v) is 5.06. The summed E-state index contributed by atoms with van der Waals surface area (Å²) in [6.07, 6.45) is 0.934. The van der Waals surface area contributed by atoms with Crippen molar-refractivity contribution in [2.45, 2.75) is 39.7 Å². The maximum absolute atomic E-state index is 11.8. The van der Waals surface area contributed by atoms with Crippen molar-refractivity contribution in [3.63, 3.8) is 0 Å². The Morgan fingerprint density at radius 1 is 1.53 bits per heavy atom. The molecular formula is C12H23NO2. The van der Waals surface area contributed by atoms with Gasteiger partial charge in [0.1, 0.15) is 5.78 Å². The first-order valence-corrected chi connectivity index (χ1v) is 5.83. The van der Waals surface area contributed by atoms with Crippen LogP contribution in [-0.4, -0.2) is 42.5 Å². The Balaban J connectivity index is 2.52. The number of carbonyl (C=O) groups excluding carboxylic acids is 1. The van der Waals surface area contributed by atoms with Crippen LogP contribution in [0.4, 0.5) is 0 Å². The van der Waals surface area contributed by atoms with Gasteiger partial charge < -0.3 is 4.74 Å². The summed E-state index contributed by atoms with van der Waals surface area (Å²) >= 11 is 0. The lowest BCUT2D eigenvalue weighted by Crippen LogP contribution is -2.54. The summed E-state index contributed by atoms with van der Waals surface area (Å²) in [5, 5.41) is 0. The lowest BCUT2D eigenvalue weighted by atomic mass is 9.98. The lowest BCUT2D eigenvalue weighted by Gasteiger charge is -2.42. The van der Waals surface area contributed by atoms with Gasteiger partial charge in [-0.2, -0.15) is 0 Å². The molecule has 0 bridgehead atoms. The van der Waals surface area contributed by atoms with Crippen molar-refractivity contribution in [3.8, 4) is 0 Å². The third-order valence-electron chi connectivity index (χ3n) is 3.33. The minimum absolute atomic E-state index is 0.00136. The van der Waals surface area contributed by atoms with Gasteiger partial charge in [0.05, 0.1) is 19.8 Å². The molecule has 0 amide bonds. The molecule has 0 radical (unpaired) electrons. The zero-order chi connectivity index (χ0) is 11.5. The highest BCUT2D eigenvalue weighted by atomic mass is 16.5. The second kappa shape index (κ2) is 5.08. The van der Waals surface area contributed by atoms with Gasteiger partial charge in [0.2, 0.25) is 0 Å². The molecule has 1 aliphatic heterocycles. The number of rotatable bonds is 4. The normalized spacial score (nSPS) is 23.7. The largest absolute Gasteiger partial charge is 0.378 e. The molecule has 88 valence electrons. The van der Waals surface area contributed by atoms with Crippen LogP contribution in [0.25, 0.3) is 0 Å². The van der Waals surface area contributed by atoms with E-state index in [0.717, 1.165) is 26.2 Å². The number of Topliss-reactive ketones (excluding diaryl/α,β-unsaturated/α-hetero) is 1. The van der Waals surface area contributed by atoms with Crippen molar-refractivity contribution in [2.24, 2.45) is 5.92 Å². The van der Waals surface area contributed by atoms with Crippen LogP contribution >= 0.6 is 0 Å². The van der Waals surface area contributed by atoms with Crippen molar-refractivity contribution in [1.29, 1.82) is 0 Å². The van der Waals surface area contributed by atoms with Crippen LogP contribution in [0.2, 0.25) is 0 Å². The summed E-state index contributed by atoms with van der Waals surface area (Å²) in [5.74, 6) is 0.538. The molecule has 3 nitrogen and oxygen atoms in total. The van der Waals surface area contributed by atoms with Crippen LogP contribution < -0.4 is 0 Å². The standard InChI is InChI=1S/C12H23NO2/c1-5-10(2)11(14)8-13-6-7-15-9-12(13,3)4/h10H,5-9H2,1-4H3. The van der Waals surface area contributed by atoms with Gasteiger partial charge in [-0.15, -0.1) is 0 Å². The molecule has 0 aromatic rings. The van der Waals surface area contributed by atoms with Gasteiger partial charge in [-0.3, -0.25) is 9.69 Å². The number of hydrogen-bond acceptors (Lipinski definition) is 3. The Morgan fingerprint density at radius 2 is 2.20 bits per heavy atom. The van der Waals surface area contributed by atoms with Crippen molar-refractivity contribution in [2.75, 3.05) is 26.3 Å². The molecule has 0 aromatic heterocycles. The van der Waals surface area contributed by atoms with Crippen LogP contribution in [-0.2, 0) is 9.53 Å². The van der Waals surface area contributed by atoms with Gasteiger partial charge in [-0.25, -0.2) is 0 Å². The summed E-state index contributed by atoms with van der Waals surface area (Å²) in [6.45, 7) is 11.3. The molecular weight excluding hydrogens is 190 g/mol. The number of carbonyl (C=O) groups is 1. The van der Waals surface area contributed by atoms with E-state index >= 15 is 0 Å². The van der Waals surface area contributed by atoms with Gasteiger partial charge in [0.15, 0.2) is 0 Å². The first kappa shape index (κ1) is 12.7. The van der Waals surface area contributed by atoms with Crippen molar-refractivity contribution >= 4 is 5.78 Å². The van der Waals surface area contributed by atoms with E-state index in [9.17, 15) is 4.79 Å². The molecule has 1 aliphatic rings. The number of morpholine rings is 1. The van der Waals surface area contributed by atoms with Crippen LogP contribution in [0.3, 0.4) is 0 Å². The molecule has 15 heavy (non-hydrogen) atoms. The number of ketones is 1. The number of ether oxygens (including phenoxy) is 1. The zero-order valence-corrected chi connectivity index (χ0v) is 10.4. The quantitative estimate of drug-likeness (QED) is 0.712. The van der Waals surface area contributed by atoms with Gasteiger partial charge in [-0.05, 0) is 20.3 Å². The minimum atomic E-state index is 0.00136. The summed E-state index contributed by atoms with van der Waals surface area (Å²) in [5.41, 5.74) is 0.00136. The smallest absolute Gasteiger partial charge is 0.149 e. The Bertz CT molecular complexity index is 226. The van der Waals surface area contributed by atoms with Crippen molar-refractivity contribution < 1.29 is 9.53 Å². The van der Waals surface area contributed by atoms with Gasteiger partial charge in [0, 0.05) is 18.0 Å². The summed E-state index contributed by atoms with van der Waals surface area (Å²) in [6, 6.07) is 0.